The lowest BCUT2D eigenvalue weighted by Crippen LogP contribution is -2.41. The summed E-state index contributed by atoms with van der Waals surface area (Å²) in [6, 6.07) is 4.82. The van der Waals surface area contributed by atoms with Gasteiger partial charge in [-0.05, 0) is 30.5 Å². The maximum Gasteiger partial charge on any atom is 0.246 e. The molecule has 0 amide bonds. The van der Waals surface area contributed by atoms with Gasteiger partial charge in [-0.3, -0.25) is 0 Å². The Kier molecular flexibility index (Phi) is 4.26. The van der Waals surface area contributed by atoms with Gasteiger partial charge in [0.05, 0.1) is 13.2 Å². The van der Waals surface area contributed by atoms with E-state index in [2.05, 4.69) is 5.32 Å². The van der Waals surface area contributed by atoms with Gasteiger partial charge in [0.1, 0.15) is 10.7 Å². The van der Waals surface area contributed by atoms with Gasteiger partial charge in [0.15, 0.2) is 0 Å². The number of morpholine rings is 1. The molecule has 1 aromatic rings. The molecular formula is C14H19FN2O3S. The van der Waals surface area contributed by atoms with Crippen LogP contribution >= 0.6 is 0 Å². The van der Waals surface area contributed by atoms with Crippen LogP contribution in [0.4, 0.5) is 4.39 Å². The van der Waals surface area contributed by atoms with Crippen molar-refractivity contribution in [2.24, 2.45) is 0 Å². The SMILES string of the molecule is O=S(=O)(c1cc(CNC2CC2)ccc1F)N1CCOCC1. The molecule has 1 aromatic carbocycles. The molecule has 21 heavy (non-hydrogen) atoms. The smallest absolute Gasteiger partial charge is 0.246 e. The highest BCUT2D eigenvalue weighted by atomic mass is 32.2. The maximum atomic E-state index is 14.0. The Morgan fingerprint density at radius 1 is 1.29 bits per heavy atom. The predicted molar refractivity (Wildman–Crippen MR) is 75.8 cm³/mol. The summed E-state index contributed by atoms with van der Waals surface area (Å²) in [5.74, 6) is -0.698. The van der Waals surface area contributed by atoms with Crippen molar-refractivity contribution in [1.82, 2.24) is 9.62 Å². The van der Waals surface area contributed by atoms with E-state index in [-0.39, 0.29) is 18.0 Å². The molecule has 0 aromatic heterocycles. The van der Waals surface area contributed by atoms with Crippen LogP contribution in [0.3, 0.4) is 0 Å². The van der Waals surface area contributed by atoms with Crippen LogP contribution in [-0.2, 0) is 21.3 Å². The van der Waals surface area contributed by atoms with Gasteiger partial charge in [-0.1, -0.05) is 6.07 Å². The molecule has 0 spiro atoms. The maximum absolute atomic E-state index is 14.0. The molecule has 0 unspecified atom stereocenters. The average Bonchev–Trinajstić information content (AvgIpc) is 3.31. The van der Waals surface area contributed by atoms with E-state index in [0.29, 0.717) is 25.8 Å². The molecule has 0 atom stereocenters. The summed E-state index contributed by atoms with van der Waals surface area (Å²) in [7, 11) is -3.79. The van der Waals surface area contributed by atoms with Crippen molar-refractivity contribution in [2.75, 3.05) is 26.3 Å². The molecule has 1 N–H and O–H groups in total. The van der Waals surface area contributed by atoms with E-state index >= 15 is 0 Å². The van der Waals surface area contributed by atoms with E-state index in [9.17, 15) is 12.8 Å². The Labute approximate surface area is 124 Å². The van der Waals surface area contributed by atoms with Crippen molar-refractivity contribution in [3.63, 3.8) is 0 Å². The van der Waals surface area contributed by atoms with Crippen molar-refractivity contribution in [3.05, 3.63) is 29.6 Å². The van der Waals surface area contributed by atoms with Crippen LogP contribution in [0.5, 0.6) is 0 Å². The number of hydrogen-bond acceptors (Lipinski definition) is 4. The van der Waals surface area contributed by atoms with Crippen LogP contribution < -0.4 is 5.32 Å². The van der Waals surface area contributed by atoms with Crippen molar-refractivity contribution >= 4 is 10.0 Å². The lowest BCUT2D eigenvalue weighted by Gasteiger charge is -2.26. The fourth-order valence-electron chi connectivity index (χ4n) is 2.33. The predicted octanol–water partition coefficient (Wildman–Crippen LogP) is 1.10. The molecule has 1 heterocycles. The van der Waals surface area contributed by atoms with Crippen molar-refractivity contribution < 1.29 is 17.5 Å². The second-order valence-electron chi connectivity index (χ2n) is 5.44. The summed E-state index contributed by atoms with van der Waals surface area (Å²) in [5.41, 5.74) is 0.787. The molecule has 2 aliphatic rings. The molecule has 0 radical (unpaired) electrons. The van der Waals surface area contributed by atoms with E-state index in [4.69, 9.17) is 4.74 Å². The second kappa shape index (κ2) is 6.00. The molecule has 1 saturated carbocycles. The van der Waals surface area contributed by atoms with Gasteiger partial charge in [-0.15, -0.1) is 0 Å². The number of sulfonamides is 1. The number of hydrogen-bond donors (Lipinski definition) is 1. The van der Waals surface area contributed by atoms with Gasteiger partial charge in [0, 0.05) is 25.7 Å². The summed E-state index contributed by atoms with van der Waals surface area (Å²) in [6.45, 7) is 1.81. The Balaban J connectivity index is 1.82. The van der Waals surface area contributed by atoms with Crippen molar-refractivity contribution in [2.45, 2.75) is 30.3 Å². The molecule has 7 heteroatoms. The molecule has 1 aliphatic heterocycles. The number of nitrogens with zero attached hydrogens (tertiary/aromatic N) is 1. The standard InChI is InChI=1S/C14H19FN2O3S/c15-13-4-1-11(10-16-12-2-3-12)9-14(13)21(18,19)17-5-7-20-8-6-17/h1,4,9,12,16H,2-3,5-8,10H2. The minimum absolute atomic E-state index is 0.237. The van der Waals surface area contributed by atoms with E-state index in [1.165, 1.54) is 16.4 Å². The summed E-state index contributed by atoms with van der Waals surface area (Å²) in [5, 5.41) is 3.30. The van der Waals surface area contributed by atoms with Gasteiger partial charge in [-0.2, -0.15) is 4.31 Å². The van der Waals surface area contributed by atoms with E-state index in [0.717, 1.165) is 18.4 Å². The van der Waals surface area contributed by atoms with Crippen LogP contribution in [-0.4, -0.2) is 45.1 Å². The largest absolute Gasteiger partial charge is 0.379 e. The fourth-order valence-corrected chi connectivity index (χ4v) is 3.85. The van der Waals surface area contributed by atoms with E-state index in [1.54, 1.807) is 6.07 Å². The molecule has 1 saturated heterocycles. The first kappa shape index (κ1) is 14.9. The minimum atomic E-state index is -3.79. The van der Waals surface area contributed by atoms with E-state index < -0.39 is 15.8 Å². The second-order valence-corrected chi connectivity index (χ2v) is 7.34. The first-order chi connectivity index (χ1) is 10.1. The fraction of sp³-hybridized carbons (Fsp3) is 0.571. The zero-order valence-electron chi connectivity index (χ0n) is 11.7. The number of rotatable bonds is 5. The Morgan fingerprint density at radius 2 is 2.00 bits per heavy atom. The molecule has 3 rings (SSSR count). The number of halogens is 1. The number of benzene rings is 1. The zero-order chi connectivity index (χ0) is 14.9. The first-order valence-corrected chi connectivity index (χ1v) is 8.61. The molecule has 1 aliphatic carbocycles. The average molecular weight is 314 g/mol. The van der Waals surface area contributed by atoms with Crippen molar-refractivity contribution in [1.29, 1.82) is 0 Å². The quantitative estimate of drug-likeness (QED) is 0.884. The Bertz CT molecular complexity index is 611. The third-order valence-corrected chi connectivity index (χ3v) is 5.67. The molecule has 2 fully saturated rings. The Hall–Kier alpha value is -1.02. The lowest BCUT2D eigenvalue weighted by molar-refractivity contribution is 0.0729. The zero-order valence-corrected chi connectivity index (χ0v) is 12.5. The summed E-state index contributed by atoms with van der Waals surface area (Å²) in [6.07, 6.45) is 2.31. The Morgan fingerprint density at radius 3 is 2.67 bits per heavy atom. The minimum Gasteiger partial charge on any atom is -0.379 e. The molecule has 116 valence electrons. The van der Waals surface area contributed by atoms with Crippen LogP contribution in [0.1, 0.15) is 18.4 Å². The van der Waals surface area contributed by atoms with E-state index in [1.807, 2.05) is 0 Å². The molecular weight excluding hydrogens is 295 g/mol. The van der Waals surface area contributed by atoms with Gasteiger partial charge >= 0.3 is 0 Å². The van der Waals surface area contributed by atoms with Crippen LogP contribution in [0.15, 0.2) is 23.1 Å². The number of ether oxygens (including phenoxy) is 1. The van der Waals surface area contributed by atoms with Crippen LogP contribution in [0.2, 0.25) is 0 Å². The topological polar surface area (TPSA) is 58.6 Å². The monoisotopic (exact) mass is 314 g/mol. The summed E-state index contributed by atoms with van der Waals surface area (Å²) >= 11 is 0. The normalized spacial score (nSPS) is 20.6. The van der Waals surface area contributed by atoms with Crippen molar-refractivity contribution in [3.8, 4) is 0 Å². The van der Waals surface area contributed by atoms with Gasteiger partial charge in [0.25, 0.3) is 0 Å². The molecule has 0 bridgehead atoms. The van der Waals surface area contributed by atoms with Crippen LogP contribution in [0.25, 0.3) is 0 Å². The highest BCUT2D eigenvalue weighted by Crippen LogP contribution is 2.23. The first-order valence-electron chi connectivity index (χ1n) is 7.17. The highest BCUT2D eigenvalue weighted by molar-refractivity contribution is 7.89. The summed E-state index contributed by atoms with van der Waals surface area (Å²) < 4.78 is 45.4. The van der Waals surface area contributed by atoms with Gasteiger partial charge in [0.2, 0.25) is 10.0 Å². The number of nitrogens with one attached hydrogen (secondary N) is 1. The van der Waals surface area contributed by atoms with Crippen LogP contribution in [0, 0.1) is 5.82 Å². The molecule has 5 nitrogen and oxygen atoms in total. The van der Waals surface area contributed by atoms with Gasteiger partial charge < -0.3 is 10.1 Å². The van der Waals surface area contributed by atoms with Gasteiger partial charge in [-0.25, -0.2) is 12.8 Å². The third kappa shape index (κ3) is 3.42. The lowest BCUT2D eigenvalue weighted by atomic mass is 10.2. The highest BCUT2D eigenvalue weighted by Gasteiger charge is 2.29. The third-order valence-electron chi connectivity index (χ3n) is 3.76. The summed E-state index contributed by atoms with van der Waals surface area (Å²) in [4.78, 5) is -0.237.